The molecule has 0 aromatic carbocycles. The first-order chi connectivity index (χ1) is 14.9. The molecule has 0 aliphatic rings. The van der Waals surface area contributed by atoms with Crippen molar-refractivity contribution in [2.75, 3.05) is 6.54 Å². The van der Waals surface area contributed by atoms with Gasteiger partial charge < -0.3 is 25.4 Å². The molecule has 31 heavy (non-hydrogen) atoms. The molecule has 0 amide bonds. The van der Waals surface area contributed by atoms with Gasteiger partial charge in [0.1, 0.15) is 0 Å². The van der Waals surface area contributed by atoms with Crippen molar-refractivity contribution in [3.8, 4) is 0 Å². The van der Waals surface area contributed by atoms with E-state index in [1.54, 1.807) is 0 Å². The smallest absolute Gasteiger partial charge is 0.158 e. The highest BCUT2D eigenvalue weighted by molar-refractivity contribution is 4.65. The van der Waals surface area contributed by atoms with Gasteiger partial charge in [-0.05, 0) is 65.3 Å². The van der Waals surface area contributed by atoms with Crippen molar-refractivity contribution in [3.05, 3.63) is 0 Å². The quantitative estimate of drug-likeness (QED) is 0.131. The van der Waals surface area contributed by atoms with Gasteiger partial charge in [0.15, 0.2) is 6.29 Å². The number of nitrogens with two attached hydrogens (primary N) is 1. The highest BCUT2D eigenvalue weighted by Crippen LogP contribution is 2.20. The summed E-state index contributed by atoms with van der Waals surface area (Å²) >= 11 is 0. The van der Waals surface area contributed by atoms with Gasteiger partial charge in [-0.3, -0.25) is 0 Å². The largest absolute Gasteiger partial charge is 0.393 e. The van der Waals surface area contributed by atoms with Crippen LogP contribution in [0.15, 0.2) is 0 Å². The fraction of sp³-hybridized carbons (Fsp3) is 1.00. The monoisotopic (exact) mass is 445 g/mol. The summed E-state index contributed by atoms with van der Waals surface area (Å²) in [6.45, 7) is 8.63. The third-order valence-electron chi connectivity index (χ3n) is 5.95. The van der Waals surface area contributed by atoms with Gasteiger partial charge in [-0.1, -0.05) is 71.6 Å². The van der Waals surface area contributed by atoms with E-state index >= 15 is 0 Å². The molecule has 0 spiro atoms. The summed E-state index contributed by atoms with van der Waals surface area (Å²) < 4.78 is 12.5. The van der Waals surface area contributed by atoms with Gasteiger partial charge >= 0.3 is 0 Å². The van der Waals surface area contributed by atoms with Crippen molar-refractivity contribution < 1.29 is 19.7 Å². The minimum Gasteiger partial charge on any atom is -0.393 e. The molecule has 4 unspecified atom stereocenters. The second-order valence-electron chi connectivity index (χ2n) is 9.40. The number of hydrogen-bond acceptors (Lipinski definition) is 5. The lowest BCUT2D eigenvalue weighted by molar-refractivity contribution is -0.206. The highest BCUT2D eigenvalue weighted by atomic mass is 16.7. The minimum atomic E-state index is -0.370. The van der Waals surface area contributed by atoms with Gasteiger partial charge in [0.2, 0.25) is 0 Å². The highest BCUT2D eigenvalue weighted by Gasteiger charge is 2.21. The van der Waals surface area contributed by atoms with Crippen LogP contribution in [0.25, 0.3) is 0 Å². The number of rotatable bonds is 23. The van der Waals surface area contributed by atoms with Crippen molar-refractivity contribution >= 4 is 0 Å². The minimum absolute atomic E-state index is 0.0129. The molecule has 0 radical (unpaired) electrons. The Kier molecular flexibility index (Phi) is 21.5. The molecule has 0 fully saturated rings. The van der Waals surface area contributed by atoms with Crippen LogP contribution in [0.5, 0.6) is 0 Å². The van der Waals surface area contributed by atoms with Crippen LogP contribution in [-0.4, -0.2) is 47.5 Å². The average molecular weight is 446 g/mol. The number of aliphatic hydroxyl groups is 2. The van der Waals surface area contributed by atoms with Crippen LogP contribution >= 0.6 is 0 Å². The van der Waals surface area contributed by atoms with Crippen LogP contribution in [-0.2, 0) is 9.47 Å². The van der Waals surface area contributed by atoms with E-state index in [9.17, 15) is 10.2 Å². The molecule has 4 N–H and O–H groups in total. The zero-order valence-electron chi connectivity index (χ0n) is 21.2. The summed E-state index contributed by atoms with van der Waals surface area (Å²) in [6.07, 6.45) is 17.0. The summed E-state index contributed by atoms with van der Waals surface area (Å²) in [4.78, 5) is 0. The van der Waals surface area contributed by atoms with Crippen molar-refractivity contribution in [2.24, 2.45) is 5.73 Å². The summed E-state index contributed by atoms with van der Waals surface area (Å²) in [5.41, 5.74) is 5.53. The van der Waals surface area contributed by atoms with Crippen molar-refractivity contribution in [2.45, 2.75) is 161 Å². The third kappa shape index (κ3) is 20.2. The summed E-state index contributed by atoms with van der Waals surface area (Å²) in [7, 11) is 0. The molecule has 5 nitrogen and oxygen atoms in total. The van der Waals surface area contributed by atoms with E-state index in [1.807, 2.05) is 13.8 Å². The first kappa shape index (κ1) is 30.8. The molecule has 0 aliphatic carbocycles. The van der Waals surface area contributed by atoms with Crippen LogP contribution < -0.4 is 5.73 Å². The van der Waals surface area contributed by atoms with Gasteiger partial charge in [0.05, 0.1) is 24.4 Å². The normalized spacial score (nSPS) is 16.7. The molecule has 5 heteroatoms. The van der Waals surface area contributed by atoms with E-state index in [2.05, 4.69) is 13.8 Å². The Morgan fingerprint density at radius 3 is 1.29 bits per heavy atom. The van der Waals surface area contributed by atoms with Gasteiger partial charge in [-0.25, -0.2) is 0 Å². The number of unbranched alkanes of at least 4 members (excludes halogenated alkanes) is 10. The second kappa shape index (κ2) is 21.6. The molecule has 0 aliphatic heterocycles. The SMILES string of the molecule is CCC(CC(C)O)OC(CCCCCCCCCCCCCN)OC(CC)CC(C)O. The lowest BCUT2D eigenvalue weighted by atomic mass is 10.0. The van der Waals surface area contributed by atoms with Crippen LogP contribution in [0.4, 0.5) is 0 Å². The molecule has 0 saturated heterocycles. The summed E-state index contributed by atoms with van der Waals surface area (Å²) in [6, 6.07) is 0. The van der Waals surface area contributed by atoms with Crippen LogP contribution in [0, 0.1) is 0 Å². The number of ether oxygens (including phenoxy) is 2. The molecule has 0 aromatic rings. The Labute approximate surface area is 193 Å². The van der Waals surface area contributed by atoms with Crippen molar-refractivity contribution in [3.63, 3.8) is 0 Å². The Bertz CT molecular complexity index is 345. The fourth-order valence-electron chi connectivity index (χ4n) is 4.04. The van der Waals surface area contributed by atoms with Crippen LogP contribution in [0.3, 0.4) is 0 Å². The Balaban J connectivity index is 4.17. The van der Waals surface area contributed by atoms with E-state index in [0.717, 1.165) is 32.2 Å². The maximum atomic E-state index is 9.74. The molecular weight excluding hydrogens is 390 g/mol. The molecule has 188 valence electrons. The molecule has 0 saturated carbocycles. The maximum absolute atomic E-state index is 9.74. The molecule has 4 atom stereocenters. The maximum Gasteiger partial charge on any atom is 0.158 e. The topological polar surface area (TPSA) is 84.9 Å². The van der Waals surface area contributed by atoms with Gasteiger partial charge in [-0.15, -0.1) is 0 Å². The van der Waals surface area contributed by atoms with Gasteiger partial charge in [0.25, 0.3) is 0 Å². The standard InChI is InChI=1S/C26H55NO4/c1-5-24(20-22(3)28)30-26(31-25(6-2)21-23(4)29)18-16-14-12-10-8-7-9-11-13-15-17-19-27/h22-26,28-29H,5-21,27H2,1-4H3. The van der Waals surface area contributed by atoms with E-state index in [-0.39, 0.29) is 30.7 Å². The van der Waals surface area contributed by atoms with Crippen molar-refractivity contribution in [1.29, 1.82) is 0 Å². The Hall–Kier alpha value is -0.200. The van der Waals surface area contributed by atoms with Gasteiger partial charge in [-0.2, -0.15) is 0 Å². The Morgan fingerprint density at radius 1 is 0.613 bits per heavy atom. The molecular formula is C26H55NO4. The first-order valence-electron chi connectivity index (χ1n) is 13.3. The molecule has 0 heterocycles. The van der Waals surface area contributed by atoms with Crippen LogP contribution in [0.1, 0.15) is 130 Å². The van der Waals surface area contributed by atoms with Crippen LogP contribution in [0.2, 0.25) is 0 Å². The average Bonchev–Trinajstić information content (AvgIpc) is 2.72. The lowest BCUT2D eigenvalue weighted by Crippen LogP contribution is -2.31. The van der Waals surface area contributed by atoms with E-state index in [4.69, 9.17) is 15.2 Å². The predicted molar refractivity (Wildman–Crippen MR) is 131 cm³/mol. The zero-order chi connectivity index (χ0) is 23.3. The lowest BCUT2D eigenvalue weighted by Gasteiger charge is -2.29. The van der Waals surface area contributed by atoms with Crippen molar-refractivity contribution in [1.82, 2.24) is 0 Å². The van der Waals surface area contributed by atoms with E-state index in [1.165, 1.54) is 64.2 Å². The first-order valence-corrected chi connectivity index (χ1v) is 13.3. The summed E-state index contributed by atoms with van der Waals surface area (Å²) in [5, 5.41) is 19.5. The number of aliphatic hydroxyl groups excluding tert-OH is 2. The number of hydrogen-bond donors (Lipinski definition) is 3. The zero-order valence-corrected chi connectivity index (χ0v) is 21.2. The summed E-state index contributed by atoms with van der Waals surface area (Å²) in [5.74, 6) is 0. The fourth-order valence-corrected chi connectivity index (χ4v) is 4.04. The third-order valence-corrected chi connectivity index (χ3v) is 5.95. The second-order valence-corrected chi connectivity index (χ2v) is 9.40. The van der Waals surface area contributed by atoms with E-state index < -0.39 is 0 Å². The van der Waals surface area contributed by atoms with E-state index in [0.29, 0.717) is 12.8 Å². The molecule has 0 aromatic heterocycles. The van der Waals surface area contributed by atoms with Gasteiger partial charge in [0, 0.05) is 0 Å². The molecule has 0 bridgehead atoms. The Morgan fingerprint density at radius 2 is 0.968 bits per heavy atom. The predicted octanol–water partition coefficient (Wildman–Crippen LogP) is 6.08. The molecule has 0 rings (SSSR count).